The van der Waals surface area contributed by atoms with Gasteiger partial charge in [-0.2, -0.15) is 14.7 Å². The molecule has 0 radical (unpaired) electrons. The van der Waals surface area contributed by atoms with E-state index in [0.29, 0.717) is 10.6 Å². The van der Waals surface area contributed by atoms with Crippen molar-refractivity contribution < 1.29 is 9.59 Å². The third-order valence-electron chi connectivity index (χ3n) is 4.92. The van der Waals surface area contributed by atoms with Gasteiger partial charge < -0.3 is 5.32 Å². The monoisotopic (exact) mass is 530 g/mol. The Morgan fingerprint density at radius 3 is 2.46 bits per heavy atom. The lowest BCUT2D eigenvalue weighted by Gasteiger charge is -2.17. The molecule has 2 amide bonds. The minimum Gasteiger partial charge on any atom is -0.320 e. The highest BCUT2D eigenvalue weighted by Gasteiger charge is 2.23. The second kappa shape index (κ2) is 11.1. The van der Waals surface area contributed by atoms with Gasteiger partial charge >= 0.3 is 0 Å². The first-order valence-corrected chi connectivity index (χ1v) is 12.8. The standard InChI is InChI=1S/C24H24Cl2N6O2S/c1-13(2)35(14(3)4)31-23(33)18-10-16(25)9-15(5)21(18)29-24(34)20-11-17(12-27)30-32(20)22-19(26)7-6-8-28-22/h6-11,13-14H,1-5H3,(H,29,34). The van der Waals surface area contributed by atoms with Gasteiger partial charge in [-0.25, -0.2) is 9.67 Å². The number of amides is 2. The molecular formula is C24H24Cl2N6O2S. The second-order valence-electron chi connectivity index (χ2n) is 8.19. The third-order valence-corrected chi connectivity index (χ3v) is 7.74. The highest BCUT2D eigenvalue weighted by atomic mass is 35.5. The molecule has 0 aliphatic heterocycles. The number of hydrogen-bond donors (Lipinski definition) is 1. The normalized spacial score (nSPS) is 11.1. The van der Waals surface area contributed by atoms with Gasteiger partial charge in [0, 0.05) is 27.8 Å². The molecule has 2 heterocycles. The van der Waals surface area contributed by atoms with E-state index in [4.69, 9.17) is 23.2 Å². The Bertz CT molecular complexity index is 1360. The first-order valence-electron chi connectivity index (χ1n) is 10.7. The van der Waals surface area contributed by atoms with Crippen LogP contribution in [0.4, 0.5) is 5.69 Å². The van der Waals surface area contributed by atoms with Crippen molar-refractivity contribution in [1.82, 2.24) is 14.8 Å². The van der Waals surface area contributed by atoms with Crippen LogP contribution in [0, 0.1) is 18.3 Å². The summed E-state index contributed by atoms with van der Waals surface area (Å²) in [6.45, 7) is 9.80. The summed E-state index contributed by atoms with van der Waals surface area (Å²) in [5, 5.41) is 17.2. The molecule has 0 saturated heterocycles. The van der Waals surface area contributed by atoms with E-state index in [-0.39, 0.29) is 44.0 Å². The summed E-state index contributed by atoms with van der Waals surface area (Å²) in [6, 6.07) is 9.62. The molecular weight excluding hydrogens is 507 g/mol. The Morgan fingerprint density at radius 1 is 1.17 bits per heavy atom. The van der Waals surface area contributed by atoms with Crippen LogP contribution >= 0.6 is 23.2 Å². The predicted octanol–water partition coefficient (Wildman–Crippen LogP) is 5.77. The van der Waals surface area contributed by atoms with Crippen molar-refractivity contribution in [3.63, 3.8) is 0 Å². The van der Waals surface area contributed by atoms with Crippen LogP contribution in [0.1, 0.15) is 59.8 Å². The van der Waals surface area contributed by atoms with E-state index in [1.165, 1.54) is 23.0 Å². The largest absolute Gasteiger partial charge is 0.320 e. The molecule has 2 aromatic heterocycles. The molecule has 0 spiro atoms. The zero-order chi connectivity index (χ0) is 25.9. The predicted molar refractivity (Wildman–Crippen MR) is 140 cm³/mol. The molecule has 3 rings (SSSR count). The smallest absolute Gasteiger partial charge is 0.285 e. The van der Waals surface area contributed by atoms with Crippen molar-refractivity contribution in [3.8, 4) is 11.9 Å². The molecule has 0 fully saturated rings. The Hall–Kier alpha value is -3.06. The fraction of sp³-hybridized carbons (Fsp3) is 0.292. The van der Waals surface area contributed by atoms with Crippen LogP contribution in [-0.2, 0) is 10.7 Å². The number of nitriles is 1. The van der Waals surface area contributed by atoms with Gasteiger partial charge in [0.1, 0.15) is 11.8 Å². The zero-order valence-corrected chi connectivity index (χ0v) is 22.2. The Balaban J connectivity index is 2.08. The van der Waals surface area contributed by atoms with Crippen LogP contribution in [0.15, 0.2) is 40.9 Å². The van der Waals surface area contributed by atoms with E-state index in [1.807, 2.05) is 33.8 Å². The maximum absolute atomic E-state index is 13.4. The number of carbonyl (C=O) groups excluding carboxylic acids is 2. The summed E-state index contributed by atoms with van der Waals surface area (Å²) in [5.41, 5.74) is 1.08. The van der Waals surface area contributed by atoms with E-state index >= 15 is 0 Å². The minimum atomic E-state index is -0.605. The van der Waals surface area contributed by atoms with E-state index in [0.717, 1.165) is 0 Å². The zero-order valence-electron chi connectivity index (χ0n) is 19.8. The maximum Gasteiger partial charge on any atom is 0.285 e. The summed E-state index contributed by atoms with van der Waals surface area (Å²) >= 11 is 12.5. The summed E-state index contributed by atoms with van der Waals surface area (Å²) in [6.07, 6.45) is 1.50. The quantitative estimate of drug-likeness (QED) is 0.434. The van der Waals surface area contributed by atoms with Crippen molar-refractivity contribution in [2.45, 2.75) is 45.1 Å². The van der Waals surface area contributed by atoms with Gasteiger partial charge in [-0.3, -0.25) is 9.59 Å². The first-order chi connectivity index (χ1) is 16.5. The van der Waals surface area contributed by atoms with Crippen molar-refractivity contribution in [1.29, 1.82) is 5.26 Å². The summed E-state index contributed by atoms with van der Waals surface area (Å²) in [5.74, 6) is -0.875. The maximum atomic E-state index is 13.4. The van der Waals surface area contributed by atoms with Crippen LogP contribution in [-0.4, -0.2) is 37.1 Å². The van der Waals surface area contributed by atoms with Gasteiger partial charge in [0.2, 0.25) is 0 Å². The van der Waals surface area contributed by atoms with Crippen LogP contribution in [0.25, 0.3) is 5.82 Å². The molecule has 0 saturated carbocycles. The highest BCUT2D eigenvalue weighted by molar-refractivity contribution is 7.88. The number of carbonyl (C=O) groups is 2. The lowest BCUT2D eigenvalue weighted by atomic mass is 10.1. The van der Waals surface area contributed by atoms with Gasteiger partial charge in [-0.1, -0.05) is 61.6 Å². The number of nitrogens with one attached hydrogen (secondary N) is 1. The topological polar surface area (TPSA) is 113 Å². The molecule has 0 unspecified atom stereocenters. The van der Waals surface area contributed by atoms with Gasteiger partial charge in [-0.05, 0) is 36.8 Å². The molecule has 182 valence electrons. The Morgan fingerprint density at radius 2 is 1.86 bits per heavy atom. The van der Waals surface area contributed by atoms with E-state index in [9.17, 15) is 14.9 Å². The van der Waals surface area contributed by atoms with Crippen LogP contribution in [0.2, 0.25) is 10.0 Å². The second-order valence-corrected chi connectivity index (χ2v) is 11.8. The summed E-state index contributed by atoms with van der Waals surface area (Å²) in [7, 11) is -0.511. The summed E-state index contributed by atoms with van der Waals surface area (Å²) < 4.78 is 5.65. The number of rotatable bonds is 6. The van der Waals surface area contributed by atoms with Crippen molar-refractivity contribution in [2.75, 3.05) is 5.32 Å². The van der Waals surface area contributed by atoms with Gasteiger partial charge in [0.25, 0.3) is 11.8 Å². The lowest BCUT2D eigenvalue weighted by molar-refractivity contribution is 0.101. The number of aryl methyl sites for hydroxylation is 1. The molecule has 1 aromatic carbocycles. The number of halogens is 2. The number of aromatic nitrogens is 3. The Kier molecular flexibility index (Phi) is 8.43. The average molecular weight is 531 g/mol. The highest BCUT2D eigenvalue weighted by Crippen LogP contribution is 2.28. The average Bonchev–Trinajstić information content (AvgIpc) is 3.23. The van der Waals surface area contributed by atoms with Crippen molar-refractivity contribution in [2.24, 2.45) is 4.36 Å². The first kappa shape index (κ1) is 26.5. The fourth-order valence-corrected chi connectivity index (χ4v) is 5.72. The van der Waals surface area contributed by atoms with E-state index in [1.54, 1.807) is 25.1 Å². The molecule has 0 atom stereocenters. The van der Waals surface area contributed by atoms with Gasteiger partial charge in [0.15, 0.2) is 11.5 Å². The lowest BCUT2D eigenvalue weighted by Crippen LogP contribution is -2.21. The van der Waals surface area contributed by atoms with Crippen molar-refractivity contribution in [3.05, 3.63) is 69.1 Å². The van der Waals surface area contributed by atoms with Crippen LogP contribution in [0.5, 0.6) is 0 Å². The summed E-state index contributed by atoms with van der Waals surface area (Å²) in [4.78, 5) is 30.8. The number of nitrogens with zero attached hydrogens (tertiary/aromatic N) is 5. The van der Waals surface area contributed by atoms with E-state index < -0.39 is 22.5 Å². The fourth-order valence-electron chi connectivity index (χ4n) is 3.45. The third kappa shape index (κ3) is 5.96. The molecule has 0 bridgehead atoms. The van der Waals surface area contributed by atoms with E-state index in [2.05, 4.69) is 19.8 Å². The van der Waals surface area contributed by atoms with Gasteiger partial charge in [-0.15, -0.1) is 0 Å². The minimum absolute atomic E-state index is 0.00825. The van der Waals surface area contributed by atoms with Gasteiger partial charge in [0.05, 0.1) is 16.3 Å². The molecule has 35 heavy (non-hydrogen) atoms. The molecule has 11 heteroatoms. The Labute approximate surface area is 216 Å². The molecule has 0 aliphatic rings. The van der Waals surface area contributed by atoms with Crippen molar-refractivity contribution >= 4 is 51.4 Å². The van der Waals surface area contributed by atoms with Crippen LogP contribution < -0.4 is 5.32 Å². The molecule has 3 aromatic rings. The SMILES string of the molecule is Cc1cc(Cl)cc(C(=O)N=S(C(C)C)C(C)C)c1NC(=O)c1cc(C#N)nn1-c1ncccc1Cl. The number of benzene rings is 1. The number of anilines is 1. The molecule has 8 nitrogen and oxygen atoms in total. The number of hydrogen-bond acceptors (Lipinski definition) is 5. The number of pyridine rings is 1. The van der Waals surface area contributed by atoms with Crippen LogP contribution in [0.3, 0.4) is 0 Å². The molecule has 0 aliphatic carbocycles. The molecule has 1 N–H and O–H groups in total.